The molecule has 0 spiro atoms. The van der Waals surface area contributed by atoms with E-state index >= 15 is 0 Å². The molecule has 2 aromatic carbocycles. The molecule has 0 saturated carbocycles. The Morgan fingerprint density at radius 1 is 0.714 bits per heavy atom. The quantitative estimate of drug-likeness (QED) is 0.479. The van der Waals surface area contributed by atoms with Crippen molar-refractivity contribution in [3.05, 3.63) is 60.7 Å². The van der Waals surface area contributed by atoms with E-state index in [9.17, 15) is 0 Å². The lowest BCUT2D eigenvalue weighted by Crippen LogP contribution is -2.40. The highest BCUT2D eigenvalue weighted by atomic mass is 32.1. The third-order valence-electron chi connectivity index (χ3n) is 2.88. The Bertz CT molecular complexity index is 561. The average molecular weight is 351 g/mol. The maximum Gasteiger partial charge on any atom is 0.139 e. The van der Waals surface area contributed by atoms with E-state index in [4.69, 9.17) is 24.4 Å². The summed E-state index contributed by atoms with van der Waals surface area (Å²) in [6.07, 6.45) is 0. The van der Waals surface area contributed by atoms with Gasteiger partial charge >= 0.3 is 0 Å². The standard InChI is InChI=1S/C15H14N2S4/c18-14(19)16(12-7-3-1-4-8-12)11-17(15(20)21)13-9-5-2-6-10-13/h1-10H,11H2,(H,18,19)(H,20,21). The van der Waals surface area contributed by atoms with E-state index in [-0.39, 0.29) is 0 Å². The molecule has 0 N–H and O–H groups in total. The van der Waals surface area contributed by atoms with Crippen LogP contribution in [0.1, 0.15) is 0 Å². The largest absolute Gasteiger partial charge is 0.309 e. The van der Waals surface area contributed by atoms with Gasteiger partial charge in [0.05, 0.1) is 0 Å². The molecule has 0 saturated heterocycles. The lowest BCUT2D eigenvalue weighted by atomic mass is 10.3. The van der Waals surface area contributed by atoms with Crippen LogP contribution in [0.2, 0.25) is 0 Å². The molecular weight excluding hydrogens is 336 g/mol. The van der Waals surface area contributed by atoms with E-state index in [0.29, 0.717) is 15.3 Å². The highest BCUT2D eigenvalue weighted by molar-refractivity contribution is 8.11. The summed E-state index contributed by atoms with van der Waals surface area (Å²) in [7, 11) is 0. The first kappa shape index (κ1) is 16.3. The number of thiocarbonyl (C=S) groups is 2. The van der Waals surface area contributed by atoms with E-state index in [2.05, 4.69) is 25.3 Å². The molecule has 0 heterocycles. The zero-order chi connectivity index (χ0) is 15.2. The van der Waals surface area contributed by atoms with Gasteiger partial charge in [0.15, 0.2) is 0 Å². The Hall–Kier alpha value is -1.08. The van der Waals surface area contributed by atoms with Crippen molar-refractivity contribution in [2.24, 2.45) is 0 Å². The summed E-state index contributed by atoms with van der Waals surface area (Å²) in [5.74, 6) is 0. The molecule has 108 valence electrons. The summed E-state index contributed by atoms with van der Waals surface area (Å²) in [5.41, 5.74) is 1.92. The van der Waals surface area contributed by atoms with Crippen LogP contribution in [0, 0.1) is 0 Å². The van der Waals surface area contributed by atoms with Gasteiger partial charge in [-0.15, -0.1) is 25.3 Å². The molecule has 0 fully saturated rings. The van der Waals surface area contributed by atoms with Crippen LogP contribution in [0.25, 0.3) is 0 Å². The normalized spacial score (nSPS) is 10.0. The van der Waals surface area contributed by atoms with E-state index in [1.165, 1.54) is 0 Å². The molecule has 0 aliphatic rings. The summed E-state index contributed by atoms with van der Waals surface area (Å²) in [4.78, 5) is 3.79. The predicted molar refractivity (Wildman–Crippen MR) is 106 cm³/mol. The molecule has 0 aromatic heterocycles. The second kappa shape index (κ2) is 7.79. The third-order valence-corrected chi connectivity index (χ3v) is 3.80. The topological polar surface area (TPSA) is 6.48 Å². The first-order valence-corrected chi connectivity index (χ1v) is 7.91. The fourth-order valence-corrected chi connectivity index (χ4v) is 2.55. The predicted octanol–water partition coefficient (Wildman–Crippen LogP) is 4.39. The van der Waals surface area contributed by atoms with Crippen LogP contribution < -0.4 is 9.80 Å². The molecule has 0 radical (unpaired) electrons. The molecule has 2 nitrogen and oxygen atoms in total. The maximum absolute atomic E-state index is 5.25. The molecule has 0 aliphatic heterocycles. The van der Waals surface area contributed by atoms with Gasteiger partial charge in [-0.05, 0) is 24.3 Å². The van der Waals surface area contributed by atoms with Crippen molar-refractivity contribution < 1.29 is 0 Å². The van der Waals surface area contributed by atoms with Crippen LogP contribution >= 0.6 is 49.7 Å². The Morgan fingerprint density at radius 2 is 1.05 bits per heavy atom. The molecule has 0 unspecified atom stereocenters. The van der Waals surface area contributed by atoms with Crippen LogP contribution in [0.4, 0.5) is 11.4 Å². The van der Waals surface area contributed by atoms with Crippen molar-refractivity contribution in [3.63, 3.8) is 0 Å². The second-order valence-corrected chi connectivity index (χ2v) is 6.46. The zero-order valence-electron chi connectivity index (χ0n) is 11.1. The fourth-order valence-electron chi connectivity index (χ4n) is 1.86. The molecule has 21 heavy (non-hydrogen) atoms. The minimum Gasteiger partial charge on any atom is -0.309 e. The summed E-state index contributed by atoms with van der Waals surface area (Å²) < 4.78 is 0.957. The highest BCUT2D eigenvalue weighted by Crippen LogP contribution is 2.21. The van der Waals surface area contributed by atoms with Gasteiger partial charge in [-0.2, -0.15) is 0 Å². The first-order valence-electron chi connectivity index (χ1n) is 6.20. The van der Waals surface area contributed by atoms with Crippen molar-refractivity contribution in [1.82, 2.24) is 0 Å². The number of nitrogens with zero attached hydrogens (tertiary/aromatic N) is 2. The number of anilines is 2. The number of thiol groups is 2. The Labute approximate surface area is 146 Å². The smallest absolute Gasteiger partial charge is 0.139 e. The van der Waals surface area contributed by atoms with Gasteiger partial charge in [-0.25, -0.2) is 0 Å². The molecule has 6 heteroatoms. The van der Waals surface area contributed by atoms with Crippen LogP contribution in [-0.4, -0.2) is 15.3 Å². The molecular formula is C15H14N2S4. The number of hydrogen-bond donors (Lipinski definition) is 2. The Morgan fingerprint density at radius 3 is 1.33 bits per heavy atom. The van der Waals surface area contributed by atoms with Crippen LogP contribution in [0.15, 0.2) is 60.7 Å². The van der Waals surface area contributed by atoms with Gasteiger partial charge in [-0.3, -0.25) is 0 Å². The monoisotopic (exact) mass is 350 g/mol. The maximum atomic E-state index is 5.25. The molecule has 0 atom stereocenters. The van der Waals surface area contributed by atoms with E-state index in [0.717, 1.165) is 11.4 Å². The van der Waals surface area contributed by atoms with Gasteiger partial charge in [0.2, 0.25) is 0 Å². The SMILES string of the molecule is S=C(S)N(CN(C(=S)S)c1ccccc1)c1ccccc1. The Kier molecular flexibility index (Phi) is 6.05. The molecule has 2 aromatic rings. The van der Waals surface area contributed by atoms with Crippen molar-refractivity contribution >= 4 is 69.7 Å². The van der Waals surface area contributed by atoms with E-state index in [1.807, 2.05) is 70.5 Å². The van der Waals surface area contributed by atoms with Gasteiger partial charge in [-0.1, -0.05) is 60.8 Å². The van der Waals surface area contributed by atoms with Crippen LogP contribution in [0.5, 0.6) is 0 Å². The second-order valence-electron chi connectivity index (χ2n) is 4.23. The van der Waals surface area contributed by atoms with Crippen LogP contribution in [0.3, 0.4) is 0 Å². The summed E-state index contributed by atoms with van der Waals surface area (Å²) >= 11 is 19.1. The lowest BCUT2D eigenvalue weighted by molar-refractivity contribution is 0.999. The zero-order valence-corrected chi connectivity index (χ0v) is 14.5. The minimum absolute atomic E-state index is 0.457. The van der Waals surface area contributed by atoms with Crippen molar-refractivity contribution in [1.29, 1.82) is 0 Å². The van der Waals surface area contributed by atoms with E-state index in [1.54, 1.807) is 0 Å². The number of benzene rings is 2. The number of rotatable bonds is 4. The van der Waals surface area contributed by atoms with E-state index < -0.39 is 0 Å². The van der Waals surface area contributed by atoms with Crippen molar-refractivity contribution in [2.45, 2.75) is 0 Å². The average Bonchev–Trinajstić information content (AvgIpc) is 2.49. The van der Waals surface area contributed by atoms with Crippen LogP contribution in [-0.2, 0) is 0 Å². The highest BCUT2D eigenvalue weighted by Gasteiger charge is 2.16. The molecule has 0 aliphatic carbocycles. The Balaban J connectivity index is 2.30. The summed E-state index contributed by atoms with van der Waals surface area (Å²) in [5, 5.41) is 0. The van der Waals surface area contributed by atoms with Gasteiger partial charge in [0.25, 0.3) is 0 Å². The minimum atomic E-state index is 0.457. The third kappa shape index (κ3) is 4.44. The van der Waals surface area contributed by atoms with Crippen molar-refractivity contribution in [3.8, 4) is 0 Å². The van der Waals surface area contributed by atoms with Gasteiger partial charge in [0.1, 0.15) is 15.3 Å². The van der Waals surface area contributed by atoms with Gasteiger partial charge in [0, 0.05) is 11.4 Å². The molecule has 0 bridgehead atoms. The van der Waals surface area contributed by atoms with Crippen molar-refractivity contribution in [2.75, 3.05) is 16.5 Å². The molecule has 2 rings (SSSR count). The molecule has 0 amide bonds. The number of hydrogen-bond acceptors (Lipinski definition) is 2. The lowest BCUT2D eigenvalue weighted by Gasteiger charge is -2.31. The number of para-hydroxylation sites is 2. The fraction of sp³-hybridized carbons (Fsp3) is 0.0667. The van der Waals surface area contributed by atoms with Gasteiger partial charge < -0.3 is 9.80 Å². The summed E-state index contributed by atoms with van der Waals surface area (Å²) in [6, 6.07) is 19.7. The first-order chi connectivity index (χ1) is 10.1. The summed E-state index contributed by atoms with van der Waals surface area (Å²) in [6.45, 7) is 0.457.